The maximum atomic E-state index is 4.64. The first-order valence-corrected chi connectivity index (χ1v) is 9.45. The molecule has 2 aromatic heterocycles. The summed E-state index contributed by atoms with van der Waals surface area (Å²) >= 11 is 0. The number of nitrogens with zero attached hydrogens (tertiary/aromatic N) is 4. The zero-order valence-electron chi connectivity index (χ0n) is 15.8. The maximum absolute atomic E-state index is 4.64. The second-order valence-electron chi connectivity index (χ2n) is 7.47. The molecule has 1 fully saturated rings. The molecule has 0 radical (unpaired) electrons. The summed E-state index contributed by atoms with van der Waals surface area (Å²) in [5, 5.41) is 8.34. The average Bonchev–Trinajstić information content (AvgIpc) is 3.00. The summed E-state index contributed by atoms with van der Waals surface area (Å²) in [6, 6.07) is 4.66. The lowest BCUT2D eigenvalue weighted by molar-refractivity contribution is 0.166. The zero-order valence-corrected chi connectivity index (χ0v) is 15.8. The van der Waals surface area contributed by atoms with E-state index in [2.05, 4.69) is 40.6 Å². The van der Waals surface area contributed by atoms with Gasteiger partial charge in [-0.25, -0.2) is 0 Å². The van der Waals surface area contributed by atoms with E-state index in [9.17, 15) is 0 Å². The van der Waals surface area contributed by atoms with Crippen molar-refractivity contribution in [3.05, 3.63) is 36.3 Å². The van der Waals surface area contributed by atoms with Gasteiger partial charge in [0.1, 0.15) is 0 Å². The summed E-state index contributed by atoms with van der Waals surface area (Å²) in [5.41, 5.74) is 3.43. The second kappa shape index (κ2) is 8.59. The molecule has 1 aliphatic carbocycles. The van der Waals surface area contributed by atoms with E-state index in [0.717, 1.165) is 30.3 Å². The van der Waals surface area contributed by atoms with E-state index >= 15 is 0 Å². The molecule has 0 spiro atoms. The van der Waals surface area contributed by atoms with Crippen LogP contribution in [-0.2, 0) is 13.6 Å². The van der Waals surface area contributed by atoms with Crippen molar-refractivity contribution < 1.29 is 0 Å². The first kappa shape index (κ1) is 18.1. The summed E-state index contributed by atoms with van der Waals surface area (Å²) in [6.07, 6.45) is 12.7. The van der Waals surface area contributed by atoms with Crippen LogP contribution in [0, 0.1) is 5.92 Å². The molecule has 0 bridgehead atoms. The fourth-order valence-electron chi connectivity index (χ4n) is 4.06. The lowest BCUT2D eigenvalue weighted by Crippen LogP contribution is -2.43. The SMILES string of the molecule is CN(C)[C@@H](CNCc1cn(C)nc1-c1ccncc1)C1CCCCC1. The molecule has 5 heteroatoms. The first-order valence-electron chi connectivity index (χ1n) is 9.45. The number of hydrogen-bond acceptors (Lipinski definition) is 4. The van der Waals surface area contributed by atoms with Crippen LogP contribution in [0.1, 0.15) is 37.7 Å². The Balaban J connectivity index is 1.63. The standard InChI is InChI=1S/C20H31N5/c1-24(2)19(16-7-5-4-6-8-16)14-22-13-18-15-25(3)23-20(18)17-9-11-21-12-10-17/h9-12,15-16,19,22H,4-8,13-14H2,1-3H3/t19-/m0/s1. The molecule has 2 heterocycles. The third-order valence-electron chi connectivity index (χ3n) is 5.38. The number of nitrogens with one attached hydrogen (secondary N) is 1. The van der Waals surface area contributed by atoms with Gasteiger partial charge in [0, 0.05) is 55.9 Å². The van der Waals surface area contributed by atoms with Crippen LogP contribution < -0.4 is 5.32 Å². The number of aromatic nitrogens is 3. The fourth-order valence-corrected chi connectivity index (χ4v) is 4.06. The highest BCUT2D eigenvalue weighted by Gasteiger charge is 2.25. The van der Waals surface area contributed by atoms with E-state index < -0.39 is 0 Å². The van der Waals surface area contributed by atoms with E-state index in [1.54, 1.807) is 0 Å². The summed E-state index contributed by atoms with van der Waals surface area (Å²) in [7, 11) is 6.42. The van der Waals surface area contributed by atoms with Crippen molar-refractivity contribution in [1.29, 1.82) is 0 Å². The van der Waals surface area contributed by atoms with Gasteiger partial charge in [-0.15, -0.1) is 0 Å². The van der Waals surface area contributed by atoms with Crippen molar-refractivity contribution in [1.82, 2.24) is 25.0 Å². The third-order valence-corrected chi connectivity index (χ3v) is 5.38. The van der Waals surface area contributed by atoms with Crippen molar-refractivity contribution in [2.75, 3.05) is 20.6 Å². The molecule has 1 N–H and O–H groups in total. The summed E-state index contributed by atoms with van der Waals surface area (Å²) in [5.74, 6) is 0.824. The molecule has 136 valence electrons. The first-order chi connectivity index (χ1) is 12.1. The monoisotopic (exact) mass is 341 g/mol. The molecule has 0 aliphatic heterocycles. The molecule has 3 rings (SSSR count). The molecule has 0 amide bonds. The normalized spacial score (nSPS) is 17.1. The van der Waals surface area contributed by atoms with Crippen LogP contribution in [-0.4, -0.2) is 46.3 Å². The van der Waals surface area contributed by atoms with Gasteiger partial charge in [-0.05, 0) is 45.0 Å². The minimum absolute atomic E-state index is 0.612. The van der Waals surface area contributed by atoms with Crippen LogP contribution in [0.5, 0.6) is 0 Å². The fraction of sp³-hybridized carbons (Fsp3) is 0.600. The molecule has 0 saturated heterocycles. The predicted octanol–water partition coefficient (Wildman–Crippen LogP) is 3.08. The second-order valence-corrected chi connectivity index (χ2v) is 7.47. The minimum Gasteiger partial charge on any atom is -0.311 e. The molecule has 2 aromatic rings. The zero-order chi connectivity index (χ0) is 17.6. The van der Waals surface area contributed by atoms with Crippen LogP contribution in [0.15, 0.2) is 30.7 Å². The van der Waals surface area contributed by atoms with E-state index in [1.165, 1.54) is 37.7 Å². The van der Waals surface area contributed by atoms with Gasteiger partial charge in [0.05, 0.1) is 5.69 Å². The molecular weight excluding hydrogens is 310 g/mol. The Bertz CT molecular complexity index is 643. The van der Waals surface area contributed by atoms with Crippen molar-refractivity contribution in [3.8, 4) is 11.3 Å². The molecule has 5 nitrogen and oxygen atoms in total. The Labute approximate surface area is 151 Å². The highest BCUT2D eigenvalue weighted by Crippen LogP contribution is 2.28. The van der Waals surface area contributed by atoms with Gasteiger partial charge in [0.2, 0.25) is 0 Å². The maximum Gasteiger partial charge on any atom is 0.0969 e. The van der Waals surface area contributed by atoms with E-state index in [4.69, 9.17) is 0 Å². The Morgan fingerprint density at radius 2 is 1.92 bits per heavy atom. The van der Waals surface area contributed by atoms with Crippen molar-refractivity contribution >= 4 is 0 Å². The molecular formula is C20H31N5. The molecule has 0 aromatic carbocycles. The van der Waals surface area contributed by atoms with Crippen molar-refractivity contribution in [2.24, 2.45) is 13.0 Å². The van der Waals surface area contributed by atoms with Crippen LogP contribution in [0.4, 0.5) is 0 Å². The highest BCUT2D eigenvalue weighted by atomic mass is 15.3. The molecule has 1 saturated carbocycles. The highest BCUT2D eigenvalue weighted by molar-refractivity contribution is 5.61. The molecule has 0 unspecified atom stereocenters. The van der Waals surface area contributed by atoms with E-state index in [1.807, 2.05) is 36.3 Å². The largest absolute Gasteiger partial charge is 0.311 e. The van der Waals surface area contributed by atoms with E-state index in [-0.39, 0.29) is 0 Å². The Morgan fingerprint density at radius 3 is 2.60 bits per heavy atom. The summed E-state index contributed by atoms with van der Waals surface area (Å²) in [4.78, 5) is 6.51. The lowest BCUT2D eigenvalue weighted by atomic mass is 9.83. The van der Waals surface area contributed by atoms with Gasteiger partial charge in [-0.2, -0.15) is 5.10 Å². The molecule has 1 atom stereocenters. The van der Waals surface area contributed by atoms with Gasteiger partial charge >= 0.3 is 0 Å². The molecule has 25 heavy (non-hydrogen) atoms. The Kier molecular flexibility index (Phi) is 6.21. The van der Waals surface area contributed by atoms with Gasteiger partial charge in [-0.1, -0.05) is 19.3 Å². The smallest absolute Gasteiger partial charge is 0.0969 e. The van der Waals surface area contributed by atoms with Crippen LogP contribution in [0.3, 0.4) is 0 Å². The Morgan fingerprint density at radius 1 is 1.20 bits per heavy atom. The number of hydrogen-bond donors (Lipinski definition) is 1. The topological polar surface area (TPSA) is 46.0 Å². The van der Waals surface area contributed by atoms with Crippen LogP contribution >= 0.6 is 0 Å². The van der Waals surface area contributed by atoms with Gasteiger partial charge in [0.25, 0.3) is 0 Å². The van der Waals surface area contributed by atoms with Gasteiger partial charge in [-0.3, -0.25) is 9.67 Å². The Hall–Kier alpha value is -1.72. The van der Waals surface area contributed by atoms with Crippen LogP contribution in [0.25, 0.3) is 11.3 Å². The van der Waals surface area contributed by atoms with Gasteiger partial charge in [0.15, 0.2) is 0 Å². The lowest BCUT2D eigenvalue weighted by Gasteiger charge is -2.35. The number of aryl methyl sites for hydroxylation is 1. The molecule has 1 aliphatic rings. The summed E-state index contributed by atoms with van der Waals surface area (Å²) < 4.78 is 1.90. The number of likely N-dealkylation sites (N-methyl/N-ethyl adjacent to an activating group) is 1. The third kappa shape index (κ3) is 4.67. The number of rotatable bonds is 7. The minimum atomic E-state index is 0.612. The predicted molar refractivity (Wildman–Crippen MR) is 102 cm³/mol. The van der Waals surface area contributed by atoms with Crippen LogP contribution in [0.2, 0.25) is 0 Å². The van der Waals surface area contributed by atoms with Gasteiger partial charge < -0.3 is 10.2 Å². The van der Waals surface area contributed by atoms with Crippen molar-refractivity contribution in [2.45, 2.75) is 44.7 Å². The average molecular weight is 342 g/mol. The van der Waals surface area contributed by atoms with Crippen molar-refractivity contribution in [3.63, 3.8) is 0 Å². The number of pyridine rings is 1. The quantitative estimate of drug-likeness (QED) is 0.841. The van der Waals surface area contributed by atoms with E-state index in [0.29, 0.717) is 6.04 Å². The summed E-state index contributed by atoms with van der Waals surface area (Å²) in [6.45, 7) is 1.88.